The first-order valence-corrected chi connectivity index (χ1v) is 7.67. The lowest BCUT2D eigenvalue weighted by Crippen LogP contribution is -2.45. The van der Waals surface area contributed by atoms with Gasteiger partial charge in [-0.1, -0.05) is 20.8 Å². The van der Waals surface area contributed by atoms with E-state index in [2.05, 4.69) is 25.9 Å². The van der Waals surface area contributed by atoms with Crippen LogP contribution >= 0.6 is 0 Å². The molecule has 4 heteroatoms. The number of hydrogen-bond donors (Lipinski definition) is 1. The van der Waals surface area contributed by atoms with Gasteiger partial charge in [-0.25, -0.2) is 0 Å². The highest BCUT2D eigenvalue weighted by Crippen LogP contribution is 2.42. The predicted molar refractivity (Wildman–Crippen MR) is 81.2 cm³/mol. The summed E-state index contributed by atoms with van der Waals surface area (Å²) in [5.74, 6) is 0.778. The molecule has 2 N–H and O–H groups in total. The number of hydrogen-bond acceptors (Lipinski definition) is 3. The van der Waals surface area contributed by atoms with E-state index in [1.807, 2.05) is 24.0 Å². The molecular weight excluding hydrogens is 250 g/mol. The second-order valence-corrected chi connectivity index (χ2v) is 7.30. The quantitative estimate of drug-likeness (QED) is 0.922. The molecule has 0 aliphatic heterocycles. The van der Waals surface area contributed by atoms with Crippen molar-refractivity contribution in [3.05, 3.63) is 18.0 Å². The molecule has 0 atom stereocenters. The van der Waals surface area contributed by atoms with Crippen molar-refractivity contribution in [2.24, 2.45) is 24.1 Å². The number of rotatable bonds is 4. The summed E-state index contributed by atoms with van der Waals surface area (Å²) in [5.41, 5.74) is 7.25. The number of nitrogens with zero attached hydrogens (tertiary/aromatic N) is 2. The Balaban J connectivity index is 1.91. The number of aryl methyl sites for hydroxylation is 1. The molecule has 1 aliphatic rings. The van der Waals surface area contributed by atoms with Gasteiger partial charge in [-0.3, -0.25) is 4.68 Å². The smallest absolute Gasteiger partial charge is 0.0914 e. The molecule has 0 amide bonds. The summed E-state index contributed by atoms with van der Waals surface area (Å²) in [4.78, 5) is 0. The van der Waals surface area contributed by atoms with Crippen molar-refractivity contribution in [1.29, 1.82) is 0 Å². The normalized spacial score (nSPS) is 27.8. The van der Waals surface area contributed by atoms with E-state index in [0.717, 1.165) is 24.5 Å². The van der Waals surface area contributed by atoms with Gasteiger partial charge < -0.3 is 10.5 Å². The third-order valence-corrected chi connectivity index (χ3v) is 4.79. The molecule has 0 radical (unpaired) electrons. The maximum atomic E-state index is 6.18. The third-order valence-electron chi connectivity index (χ3n) is 4.79. The van der Waals surface area contributed by atoms with Crippen LogP contribution in [0.1, 0.15) is 52.1 Å². The molecule has 0 unspecified atom stereocenters. The lowest BCUT2D eigenvalue weighted by Gasteiger charge is -2.43. The summed E-state index contributed by atoms with van der Waals surface area (Å²) in [6, 6.07) is 2.00. The molecule has 0 aromatic carbocycles. The number of nitrogens with two attached hydrogens (primary N) is 1. The first-order chi connectivity index (χ1) is 9.35. The standard InChI is InChI=1S/C16H29N3O/c1-15(2,3)13-5-8-16(12-17,9-6-13)20-11-14-7-10-19(4)18-14/h7,10,13H,5-6,8-9,11-12,17H2,1-4H3. The molecule has 0 saturated heterocycles. The molecular formula is C16H29N3O. The lowest BCUT2D eigenvalue weighted by atomic mass is 9.68. The topological polar surface area (TPSA) is 53.1 Å². The SMILES string of the molecule is Cn1ccc(COC2(CN)CCC(C(C)(C)C)CC2)n1. The fraction of sp³-hybridized carbons (Fsp3) is 0.812. The first kappa shape index (κ1) is 15.5. The summed E-state index contributed by atoms with van der Waals surface area (Å²) in [5, 5.41) is 4.37. The molecule has 20 heavy (non-hydrogen) atoms. The van der Waals surface area contributed by atoms with Crippen LogP contribution in [0.4, 0.5) is 0 Å². The Morgan fingerprint density at radius 1 is 1.40 bits per heavy atom. The second-order valence-electron chi connectivity index (χ2n) is 7.30. The zero-order chi connectivity index (χ0) is 14.8. The number of ether oxygens (including phenoxy) is 1. The fourth-order valence-corrected chi connectivity index (χ4v) is 3.18. The largest absolute Gasteiger partial charge is 0.367 e. The van der Waals surface area contributed by atoms with Crippen LogP contribution in [-0.2, 0) is 18.4 Å². The van der Waals surface area contributed by atoms with Crippen LogP contribution in [-0.4, -0.2) is 21.9 Å². The summed E-state index contributed by atoms with van der Waals surface area (Å²) in [6.07, 6.45) is 6.51. The van der Waals surface area contributed by atoms with E-state index in [1.165, 1.54) is 12.8 Å². The van der Waals surface area contributed by atoms with Crippen LogP contribution in [0.5, 0.6) is 0 Å². The van der Waals surface area contributed by atoms with E-state index < -0.39 is 0 Å². The lowest BCUT2D eigenvalue weighted by molar-refractivity contribution is -0.0899. The Labute approximate surface area is 122 Å². The molecule has 1 aromatic rings. The molecule has 0 bridgehead atoms. The maximum absolute atomic E-state index is 6.18. The van der Waals surface area contributed by atoms with Crippen molar-refractivity contribution in [3.63, 3.8) is 0 Å². The molecule has 0 spiro atoms. The summed E-state index contributed by atoms with van der Waals surface area (Å²) in [6.45, 7) is 8.18. The predicted octanol–water partition coefficient (Wildman–Crippen LogP) is 2.87. The van der Waals surface area contributed by atoms with Crippen molar-refractivity contribution < 1.29 is 4.74 Å². The van der Waals surface area contributed by atoms with Gasteiger partial charge in [0.05, 0.1) is 17.9 Å². The average Bonchev–Trinajstić information content (AvgIpc) is 2.82. The van der Waals surface area contributed by atoms with Gasteiger partial charge in [-0.15, -0.1) is 0 Å². The maximum Gasteiger partial charge on any atom is 0.0914 e. The van der Waals surface area contributed by atoms with Gasteiger partial charge >= 0.3 is 0 Å². The molecule has 114 valence electrons. The molecule has 1 saturated carbocycles. The third kappa shape index (κ3) is 3.61. The van der Waals surface area contributed by atoms with Gasteiger partial charge in [0, 0.05) is 19.8 Å². The molecule has 1 heterocycles. The van der Waals surface area contributed by atoms with Crippen LogP contribution < -0.4 is 5.73 Å². The Morgan fingerprint density at radius 2 is 2.05 bits per heavy atom. The second kappa shape index (κ2) is 5.86. The van der Waals surface area contributed by atoms with Crippen LogP contribution in [0.3, 0.4) is 0 Å². The van der Waals surface area contributed by atoms with Crippen molar-refractivity contribution >= 4 is 0 Å². The van der Waals surface area contributed by atoms with Crippen LogP contribution in [0.15, 0.2) is 12.3 Å². The van der Waals surface area contributed by atoms with Crippen molar-refractivity contribution in [2.75, 3.05) is 6.54 Å². The summed E-state index contributed by atoms with van der Waals surface area (Å²) >= 11 is 0. The fourth-order valence-electron chi connectivity index (χ4n) is 3.18. The zero-order valence-corrected chi connectivity index (χ0v) is 13.4. The number of aromatic nitrogens is 2. The highest BCUT2D eigenvalue weighted by atomic mass is 16.5. The van der Waals surface area contributed by atoms with Crippen molar-refractivity contribution in [2.45, 2.75) is 58.7 Å². The zero-order valence-electron chi connectivity index (χ0n) is 13.4. The molecule has 4 nitrogen and oxygen atoms in total. The van der Waals surface area contributed by atoms with Crippen LogP contribution in [0, 0.1) is 11.3 Å². The van der Waals surface area contributed by atoms with Crippen LogP contribution in [0.2, 0.25) is 0 Å². The van der Waals surface area contributed by atoms with Crippen molar-refractivity contribution in [3.8, 4) is 0 Å². The minimum Gasteiger partial charge on any atom is -0.367 e. The average molecular weight is 279 g/mol. The van der Waals surface area contributed by atoms with E-state index in [0.29, 0.717) is 18.6 Å². The highest BCUT2D eigenvalue weighted by molar-refractivity contribution is 4.98. The van der Waals surface area contributed by atoms with Gasteiger partial charge in [0.25, 0.3) is 0 Å². The summed E-state index contributed by atoms with van der Waals surface area (Å²) < 4.78 is 7.99. The van der Waals surface area contributed by atoms with Gasteiger partial charge in [0.1, 0.15) is 0 Å². The highest BCUT2D eigenvalue weighted by Gasteiger charge is 2.38. The van der Waals surface area contributed by atoms with Crippen molar-refractivity contribution in [1.82, 2.24) is 9.78 Å². The van der Waals surface area contributed by atoms with E-state index >= 15 is 0 Å². The first-order valence-electron chi connectivity index (χ1n) is 7.67. The van der Waals surface area contributed by atoms with E-state index in [-0.39, 0.29) is 5.60 Å². The molecule has 1 fully saturated rings. The monoisotopic (exact) mass is 279 g/mol. The minimum atomic E-state index is -0.140. The van der Waals surface area contributed by atoms with Gasteiger partial charge in [-0.2, -0.15) is 5.10 Å². The van der Waals surface area contributed by atoms with Gasteiger partial charge in [0.15, 0.2) is 0 Å². The van der Waals surface area contributed by atoms with Gasteiger partial charge in [-0.05, 0) is 43.1 Å². The van der Waals surface area contributed by atoms with Gasteiger partial charge in [0.2, 0.25) is 0 Å². The van der Waals surface area contributed by atoms with Crippen LogP contribution in [0.25, 0.3) is 0 Å². The Hall–Kier alpha value is -0.870. The van der Waals surface area contributed by atoms with E-state index in [9.17, 15) is 0 Å². The van der Waals surface area contributed by atoms with E-state index in [1.54, 1.807) is 0 Å². The molecule has 1 aliphatic carbocycles. The van der Waals surface area contributed by atoms with E-state index in [4.69, 9.17) is 10.5 Å². The Kier molecular flexibility index (Phi) is 4.55. The molecule has 2 rings (SSSR count). The summed E-state index contributed by atoms with van der Waals surface area (Å²) in [7, 11) is 1.93. The minimum absolute atomic E-state index is 0.140. The molecule has 1 aromatic heterocycles. The Morgan fingerprint density at radius 3 is 2.50 bits per heavy atom. The Bertz CT molecular complexity index is 425.